The van der Waals surface area contributed by atoms with Crippen LogP contribution in [-0.2, 0) is 6.54 Å². The number of para-hydroxylation sites is 2. The normalized spacial score (nSPS) is 21.8. The maximum Gasteiger partial charge on any atom is 0.123 e. The Hall–Kier alpha value is -2.08. The Morgan fingerprint density at radius 1 is 1.00 bits per heavy atom. The highest BCUT2D eigenvalue weighted by molar-refractivity contribution is 5.53. The van der Waals surface area contributed by atoms with E-state index >= 15 is 0 Å². The molecule has 2 aliphatic rings. The summed E-state index contributed by atoms with van der Waals surface area (Å²) in [5.74, 6) is 0.999. The third kappa shape index (κ3) is 5.22. The third-order valence-electron chi connectivity index (χ3n) is 7.01. The van der Waals surface area contributed by atoms with Crippen LogP contribution in [0.2, 0.25) is 0 Å². The standard InChI is InChI=1S/C26H38N4O/c1-4-24(23-20-30(14-13-27-23)25-11-7-5-9-21(25)2)29-17-15-28(16-18-29)19-22-10-6-8-12-26(22)31-3/h5-12,23-24,27H,4,13-20H2,1-3H3. The van der Waals surface area contributed by atoms with Crippen LogP contribution < -0.4 is 15.0 Å². The number of piperazine rings is 2. The number of hydrogen-bond acceptors (Lipinski definition) is 5. The highest BCUT2D eigenvalue weighted by atomic mass is 16.5. The minimum Gasteiger partial charge on any atom is -0.496 e. The van der Waals surface area contributed by atoms with Gasteiger partial charge < -0.3 is 15.0 Å². The molecule has 0 saturated carbocycles. The van der Waals surface area contributed by atoms with E-state index in [1.54, 1.807) is 7.11 Å². The van der Waals surface area contributed by atoms with Crippen molar-refractivity contribution >= 4 is 5.69 Å². The number of aryl methyl sites for hydroxylation is 1. The van der Waals surface area contributed by atoms with Crippen LogP contribution in [0.15, 0.2) is 48.5 Å². The Morgan fingerprint density at radius 2 is 1.74 bits per heavy atom. The Morgan fingerprint density at radius 3 is 2.48 bits per heavy atom. The Labute approximate surface area is 188 Å². The summed E-state index contributed by atoms with van der Waals surface area (Å²) in [4.78, 5) is 7.86. The quantitative estimate of drug-likeness (QED) is 0.739. The van der Waals surface area contributed by atoms with Gasteiger partial charge in [0.15, 0.2) is 0 Å². The zero-order valence-corrected chi connectivity index (χ0v) is 19.4. The van der Waals surface area contributed by atoms with E-state index in [1.165, 1.54) is 23.2 Å². The van der Waals surface area contributed by atoms with E-state index < -0.39 is 0 Å². The molecule has 2 aliphatic heterocycles. The van der Waals surface area contributed by atoms with Crippen molar-refractivity contribution in [3.63, 3.8) is 0 Å². The van der Waals surface area contributed by atoms with Gasteiger partial charge in [-0.1, -0.05) is 43.3 Å². The van der Waals surface area contributed by atoms with Gasteiger partial charge in [0.2, 0.25) is 0 Å². The molecule has 2 aromatic rings. The number of nitrogens with one attached hydrogen (secondary N) is 1. The summed E-state index contributed by atoms with van der Waals surface area (Å²) < 4.78 is 5.55. The zero-order valence-electron chi connectivity index (χ0n) is 19.4. The van der Waals surface area contributed by atoms with E-state index in [1.807, 2.05) is 6.07 Å². The van der Waals surface area contributed by atoms with Crippen LogP contribution in [-0.4, -0.2) is 74.8 Å². The molecule has 0 bridgehead atoms. The van der Waals surface area contributed by atoms with Crippen molar-refractivity contribution in [1.82, 2.24) is 15.1 Å². The van der Waals surface area contributed by atoms with Crippen LogP contribution in [0.25, 0.3) is 0 Å². The molecule has 4 rings (SSSR count). The zero-order chi connectivity index (χ0) is 21.6. The molecule has 1 N–H and O–H groups in total. The summed E-state index contributed by atoms with van der Waals surface area (Å²) in [7, 11) is 1.76. The first kappa shape index (κ1) is 22.1. The van der Waals surface area contributed by atoms with E-state index in [0.29, 0.717) is 12.1 Å². The molecule has 5 heteroatoms. The van der Waals surface area contributed by atoms with E-state index in [0.717, 1.165) is 58.1 Å². The summed E-state index contributed by atoms with van der Waals surface area (Å²) >= 11 is 0. The monoisotopic (exact) mass is 422 g/mol. The van der Waals surface area contributed by atoms with Crippen LogP contribution in [0.4, 0.5) is 5.69 Å². The highest BCUT2D eigenvalue weighted by Gasteiger charge is 2.32. The smallest absolute Gasteiger partial charge is 0.123 e. The van der Waals surface area contributed by atoms with Crippen LogP contribution in [0.5, 0.6) is 5.75 Å². The van der Waals surface area contributed by atoms with Gasteiger partial charge in [-0.3, -0.25) is 9.80 Å². The second kappa shape index (κ2) is 10.5. The van der Waals surface area contributed by atoms with Crippen LogP contribution in [0, 0.1) is 6.92 Å². The molecule has 2 aromatic carbocycles. The van der Waals surface area contributed by atoms with Crippen molar-refractivity contribution in [3.8, 4) is 5.75 Å². The number of rotatable bonds is 7. The number of benzene rings is 2. The first-order valence-electron chi connectivity index (χ1n) is 11.8. The number of hydrogen-bond donors (Lipinski definition) is 1. The first-order valence-corrected chi connectivity index (χ1v) is 11.8. The Kier molecular flexibility index (Phi) is 7.49. The van der Waals surface area contributed by atoms with E-state index in [-0.39, 0.29) is 0 Å². The van der Waals surface area contributed by atoms with Crippen LogP contribution in [0.3, 0.4) is 0 Å². The molecular weight excluding hydrogens is 384 g/mol. The number of methoxy groups -OCH3 is 1. The number of ether oxygens (including phenoxy) is 1. The van der Waals surface area contributed by atoms with E-state index in [2.05, 4.69) is 76.3 Å². The summed E-state index contributed by atoms with van der Waals surface area (Å²) in [6.07, 6.45) is 1.19. The Balaban J connectivity index is 1.35. The lowest BCUT2D eigenvalue weighted by Crippen LogP contribution is -2.62. The minimum atomic E-state index is 0.513. The van der Waals surface area contributed by atoms with Crippen LogP contribution in [0.1, 0.15) is 24.5 Å². The molecule has 2 heterocycles. The van der Waals surface area contributed by atoms with Gasteiger partial charge in [0.1, 0.15) is 5.75 Å². The molecule has 168 valence electrons. The van der Waals surface area contributed by atoms with Gasteiger partial charge in [-0.15, -0.1) is 0 Å². The van der Waals surface area contributed by atoms with Gasteiger partial charge in [-0.2, -0.15) is 0 Å². The molecule has 2 atom stereocenters. The predicted molar refractivity (Wildman–Crippen MR) is 129 cm³/mol. The third-order valence-corrected chi connectivity index (χ3v) is 7.01. The average Bonchev–Trinajstić information content (AvgIpc) is 2.81. The van der Waals surface area contributed by atoms with Crippen molar-refractivity contribution in [2.75, 3.05) is 57.8 Å². The van der Waals surface area contributed by atoms with Gasteiger partial charge in [-0.05, 0) is 31.0 Å². The van der Waals surface area contributed by atoms with Crippen molar-refractivity contribution in [1.29, 1.82) is 0 Å². The van der Waals surface area contributed by atoms with Crippen molar-refractivity contribution in [3.05, 3.63) is 59.7 Å². The highest BCUT2D eigenvalue weighted by Crippen LogP contribution is 2.24. The molecular formula is C26H38N4O. The summed E-state index contributed by atoms with van der Waals surface area (Å²) in [5, 5.41) is 3.84. The maximum atomic E-state index is 5.55. The molecule has 0 spiro atoms. The molecule has 0 radical (unpaired) electrons. The summed E-state index contributed by atoms with van der Waals surface area (Å²) in [6.45, 7) is 13.3. The van der Waals surface area contributed by atoms with Gasteiger partial charge in [0.05, 0.1) is 7.11 Å². The summed E-state index contributed by atoms with van der Waals surface area (Å²) in [6, 6.07) is 18.3. The molecule has 0 aliphatic carbocycles. The molecule has 2 unspecified atom stereocenters. The van der Waals surface area contributed by atoms with Crippen LogP contribution >= 0.6 is 0 Å². The predicted octanol–water partition coefficient (Wildman–Crippen LogP) is 3.38. The largest absolute Gasteiger partial charge is 0.496 e. The first-order chi connectivity index (χ1) is 15.2. The molecule has 5 nitrogen and oxygen atoms in total. The molecule has 0 amide bonds. The SMILES string of the molecule is CCC(C1CN(c2ccccc2C)CCN1)N1CCN(Cc2ccccc2OC)CC1. The van der Waals surface area contributed by atoms with E-state index in [4.69, 9.17) is 4.74 Å². The molecule has 2 fully saturated rings. The maximum absolute atomic E-state index is 5.55. The number of anilines is 1. The van der Waals surface area contributed by atoms with Gasteiger partial charge >= 0.3 is 0 Å². The average molecular weight is 423 g/mol. The number of nitrogens with zero attached hydrogens (tertiary/aromatic N) is 3. The van der Waals surface area contributed by atoms with Gasteiger partial charge in [-0.25, -0.2) is 0 Å². The lowest BCUT2D eigenvalue weighted by Gasteiger charge is -2.46. The minimum absolute atomic E-state index is 0.513. The van der Waals surface area contributed by atoms with E-state index in [9.17, 15) is 0 Å². The fourth-order valence-corrected chi connectivity index (χ4v) is 5.30. The van der Waals surface area contributed by atoms with Crippen molar-refractivity contribution in [2.24, 2.45) is 0 Å². The molecule has 0 aromatic heterocycles. The molecule has 2 saturated heterocycles. The topological polar surface area (TPSA) is 31.0 Å². The van der Waals surface area contributed by atoms with Crippen molar-refractivity contribution < 1.29 is 4.74 Å². The Bertz CT molecular complexity index is 834. The fourth-order valence-electron chi connectivity index (χ4n) is 5.30. The lowest BCUT2D eigenvalue weighted by molar-refractivity contribution is 0.0712. The van der Waals surface area contributed by atoms with Gasteiger partial charge in [0, 0.05) is 75.7 Å². The second-order valence-electron chi connectivity index (χ2n) is 8.89. The lowest BCUT2D eigenvalue weighted by atomic mass is 9.99. The van der Waals surface area contributed by atoms with Crippen molar-refractivity contribution in [2.45, 2.75) is 38.9 Å². The van der Waals surface area contributed by atoms with Gasteiger partial charge in [0.25, 0.3) is 0 Å². The fraction of sp³-hybridized carbons (Fsp3) is 0.538. The molecule has 31 heavy (non-hydrogen) atoms. The summed E-state index contributed by atoms with van der Waals surface area (Å²) in [5.41, 5.74) is 4.06. The second-order valence-corrected chi connectivity index (χ2v) is 8.89.